The number of ketones is 1. The lowest BCUT2D eigenvalue weighted by atomic mass is 10.0. The number of nitrogens with one attached hydrogen (secondary N) is 1. The summed E-state index contributed by atoms with van der Waals surface area (Å²) in [5.74, 6) is 2.14. The molecule has 118 valence electrons. The summed E-state index contributed by atoms with van der Waals surface area (Å²) in [7, 11) is 1.57. The second-order valence-electron chi connectivity index (χ2n) is 5.83. The van der Waals surface area contributed by atoms with Gasteiger partial charge in [0.1, 0.15) is 5.75 Å². The van der Waals surface area contributed by atoms with Gasteiger partial charge in [0.25, 0.3) is 0 Å². The van der Waals surface area contributed by atoms with Crippen LogP contribution in [0.4, 0.5) is 4.79 Å². The summed E-state index contributed by atoms with van der Waals surface area (Å²) in [5.41, 5.74) is 0.360. The van der Waals surface area contributed by atoms with Crippen LogP contribution in [0.25, 0.3) is 0 Å². The minimum atomic E-state index is -1.01. The highest BCUT2D eigenvalue weighted by Crippen LogP contribution is 2.14. The fourth-order valence-electron chi connectivity index (χ4n) is 1.72. The highest BCUT2D eigenvalue weighted by atomic mass is 16.6. The van der Waals surface area contributed by atoms with E-state index in [1.807, 2.05) is 26.7 Å². The highest BCUT2D eigenvalue weighted by molar-refractivity contribution is 5.99. The molecule has 0 aliphatic carbocycles. The summed E-state index contributed by atoms with van der Waals surface area (Å²) in [5, 5.41) is 2.63. The van der Waals surface area contributed by atoms with E-state index in [9.17, 15) is 9.59 Å². The van der Waals surface area contributed by atoms with Crippen molar-refractivity contribution < 1.29 is 19.1 Å². The molecular formula is C17H21NO4. The van der Waals surface area contributed by atoms with Gasteiger partial charge in [-0.1, -0.05) is 12.1 Å². The molecule has 5 heteroatoms. The highest BCUT2D eigenvalue weighted by Gasteiger charge is 2.24. The number of rotatable bonds is 5. The van der Waals surface area contributed by atoms with Crippen LogP contribution in [-0.2, 0) is 16.0 Å². The summed E-state index contributed by atoms with van der Waals surface area (Å²) in [6, 6.07) is 7.12. The number of hydrogen-bond donors (Lipinski definition) is 1. The minimum Gasteiger partial charge on any atom is -0.497 e. The standard InChI is InChI=1S/C17H21NO4/c1-6-14(19)15(22-16(20)18-17(2,3)4)11-12-7-9-13(21-5)10-8-12/h1,7-10,15H,11H2,2-5H3,(H,18,20)/t15-/m0/s1. The van der Waals surface area contributed by atoms with Crippen LogP contribution in [0.3, 0.4) is 0 Å². The van der Waals surface area contributed by atoms with Crippen molar-refractivity contribution in [2.24, 2.45) is 0 Å². The molecule has 1 aromatic rings. The lowest BCUT2D eigenvalue weighted by Crippen LogP contribution is -2.43. The first-order valence-corrected chi connectivity index (χ1v) is 6.87. The van der Waals surface area contributed by atoms with Gasteiger partial charge in [-0.15, -0.1) is 6.42 Å². The predicted molar refractivity (Wildman–Crippen MR) is 83.7 cm³/mol. The summed E-state index contributed by atoms with van der Waals surface area (Å²) < 4.78 is 10.2. The van der Waals surface area contributed by atoms with Gasteiger partial charge in [0.15, 0.2) is 6.10 Å². The number of benzene rings is 1. The third kappa shape index (κ3) is 5.88. The van der Waals surface area contributed by atoms with Gasteiger partial charge in [0.2, 0.25) is 5.78 Å². The molecule has 0 saturated carbocycles. The van der Waals surface area contributed by atoms with Crippen molar-refractivity contribution in [3.05, 3.63) is 29.8 Å². The normalized spacial score (nSPS) is 12.0. The number of terminal acetylenes is 1. The van der Waals surface area contributed by atoms with Crippen molar-refractivity contribution in [1.82, 2.24) is 5.32 Å². The van der Waals surface area contributed by atoms with Crippen LogP contribution in [0, 0.1) is 12.3 Å². The number of carbonyl (C=O) groups is 2. The van der Waals surface area contributed by atoms with Crippen molar-refractivity contribution in [3.63, 3.8) is 0 Å². The van der Waals surface area contributed by atoms with E-state index in [4.69, 9.17) is 15.9 Å². The molecule has 0 unspecified atom stereocenters. The Morgan fingerprint density at radius 1 is 1.27 bits per heavy atom. The maximum atomic E-state index is 11.8. The van der Waals surface area contributed by atoms with Gasteiger partial charge < -0.3 is 14.8 Å². The zero-order valence-corrected chi connectivity index (χ0v) is 13.3. The first kappa shape index (κ1) is 17.6. The second-order valence-corrected chi connectivity index (χ2v) is 5.83. The fourth-order valence-corrected chi connectivity index (χ4v) is 1.72. The fraction of sp³-hybridized carbons (Fsp3) is 0.412. The first-order chi connectivity index (χ1) is 10.2. The van der Waals surface area contributed by atoms with Crippen molar-refractivity contribution in [2.45, 2.75) is 38.8 Å². The molecule has 1 aromatic carbocycles. The molecular weight excluding hydrogens is 282 g/mol. The summed E-state index contributed by atoms with van der Waals surface area (Å²) in [4.78, 5) is 23.6. The Kier molecular flexibility index (Phi) is 6.00. The van der Waals surface area contributed by atoms with E-state index in [1.54, 1.807) is 31.4 Å². The zero-order chi connectivity index (χ0) is 16.8. The van der Waals surface area contributed by atoms with Gasteiger partial charge in [0, 0.05) is 12.0 Å². The summed E-state index contributed by atoms with van der Waals surface area (Å²) in [6.45, 7) is 5.45. The lowest BCUT2D eigenvalue weighted by molar-refractivity contribution is -0.121. The molecule has 1 atom stereocenters. The van der Waals surface area contributed by atoms with Crippen LogP contribution < -0.4 is 10.1 Å². The van der Waals surface area contributed by atoms with Gasteiger partial charge in [-0.2, -0.15) is 0 Å². The molecule has 0 bridgehead atoms. The second kappa shape index (κ2) is 7.51. The average Bonchev–Trinajstić information content (AvgIpc) is 2.44. The van der Waals surface area contributed by atoms with E-state index in [1.165, 1.54) is 0 Å². The topological polar surface area (TPSA) is 64.6 Å². The Balaban J connectivity index is 2.78. The van der Waals surface area contributed by atoms with E-state index in [-0.39, 0.29) is 6.42 Å². The van der Waals surface area contributed by atoms with Crippen LogP contribution in [0.1, 0.15) is 26.3 Å². The van der Waals surface area contributed by atoms with Crippen molar-refractivity contribution in [1.29, 1.82) is 0 Å². The van der Waals surface area contributed by atoms with Gasteiger partial charge in [-0.3, -0.25) is 4.79 Å². The molecule has 0 spiro atoms. The zero-order valence-electron chi connectivity index (χ0n) is 13.3. The molecule has 0 aliphatic heterocycles. The van der Waals surface area contributed by atoms with Gasteiger partial charge in [0.05, 0.1) is 7.11 Å². The molecule has 0 aromatic heterocycles. The van der Waals surface area contributed by atoms with E-state index < -0.39 is 23.5 Å². The Morgan fingerprint density at radius 2 is 1.86 bits per heavy atom. The molecule has 0 saturated heterocycles. The molecule has 1 amide bonds. The molecule has 0 radical (unpaired) electrons. The quantitative estimate of drug-likeness (QED) is 0.670. The van der Waals surface area contributed by atoms with Crippen molar-refractivity contribution >= 4 is 11.9 Å². The van der Waals surface area contributed by atoms with E-state index in [2.05, 4.69) is 5.32 Å². The molecule has 0 fully saturated rings. The molecule has 1 N–H and O–H groups in total. The Labute approximate surface area is 131 Å². The van der Waals surface area contributed by atoms with E-state index >= 15 is 0 Å². The third-order valence-corrected chi connectivity index (χ3v) is 2.74. The number of ether oxygens (including phenoxy) is 2. The number of methoxy groups -OCH3 is 1. The lowest BCUT2D eigenvalue weighted by Gasteiger charge is -2.22. The SMILES string of the molecule is C#CC(=O)[C@H](Cc1ccc(OC)cc1)OC(=O)NC(C)(C)C. The number of carbonyl (C=O) groups excluding carboxylic acids is 2. The monoisotopic (exact) mass is 303 g/mol. The summed E-state index contributed by atoms with van der Waals surface area (Å²) >= 11 is 0. The smallest absolute Gasteiger partial charge is 0.408 e. The molecule has 0 heterocycles. The Bertz CT molecular complexity index is 564. The van der Waals surface area contributed by atoms with E-state index in [0.29, 0.717) is 5.75 Å². The maximum absolute atomic E-state index is 11.8. The molecule has 5 nitrogen and oxygen atoms in total. The molecule has 22 heavy (non-hydrogen) atoms. The minimum absolute atomic E-state index is 0.213. The molecule has 0 aliphatic rings. The number of hydrogen-bond acceptors (Lipinski definition) is 4. The van der Waals surface area contributed by atoms with Crippen LogP contribution >= 0.6 is 0 Å². The van der Waals surface area contributed by atoms with Crippen LogP contribution in [0.15, 0.2) is 24.3 Å². The number of Topliss-reactive ketones (excluding diaryl/α,β-unsaturated/α-hetero) is 1. The first-order valence-electron chi connectivity index (χ1n) is 6.87. The van der Waals surface area contributed by atoms with Crippen LogP contribution in [0.5, 0.6) is 5.75 Å². The van der Waals surface area contributed by atoms with Crippen molar-refractivity contribution in [2.75, 3.05) is 7.11 Å². The largest absolute Gasteiger partial charge is 0.497 e. The number of alkyl carbamates (subject to hydrolysis) is 1. The van der Waals surface area contributed by atoms with Gasteiger partial charge in [-0.25, -0.2) is 4.79 Å². The maximum Gasteiger partial charge on any atom is 0.408 e. The Morgan fingerprint density at radius 3 is 2.32 bits per heavy atom. The van der Waals surface area contributed by atoms with E-state index in [0.717, 1.165) is 5.56 Å². The number of amides is 1. The van der Waals surface area contributed by atoms with Gasteiger partial charge >= 0.3 is 6.09 Å². The van der Waals surface area contributed by atoms with Gasteiger partial charge in [-0.05, 0) is 44.4 Å². The van der Waals surface area contributed by atoms with Crippen LogP contribution in [-0.4, -0.2) is 30.6 Å². The molecule has 1 rings (SSSR count). The average molecular weight is 303 g/mol. The van der Waals surface area contributed by atoms with Crippen molar-refractivity contribution in [3.8, 4) is 18.1 Å². The summed E-state index contributed by atoms with van der Waals surface area (Å²) in [6.07, 6.45) is 3.67. The predicted octanol–water partition coefficient (Wildman–Crippen LogP) is 2.33. The third-order valence-electron chi connectivity index (χ3n) is 2.74. The van der Waals surface area contributed by atoms with Crippen LogP contribution in [0.2, 0.25) is 0 Å². The Hall–Kier alpha value is -2.48.